The molecule has 1 N–H and O–H groups in total. The molecule has 2 aromatic carbocycles. The van der Waals surface area contributed by atoms with Gasteiger partial charge >= 0.3 is 0 Å². The molecule has 2 fully saturated rings. The first kappa shape index (κ1) is 19.1. The van der Waals surface area contributed by atoms with Gasteiger partial charge in [0.1, 0.15) is 0 Å². The van der Waals surface area contributed by atoms with Gasteiger partial charge in [0, 0.05) is 48.7 Å². The molecule has 0 amide bonds. The van der Waals surface area contributed by atoms with E-state index in [-0.39, 0.29) is 24.6 Å². The molecule has 0 unspecified atom stereocenters. The molecule has 5 nitrogen and oxygen atoms in total. The molecule has 2 aromatic rings. The highest BCUT2D eigenvalue weighted by Crippen LogP contribution is 2.39. The fourth-order valence-corrected chi connectivity index (χ4v) is 6.51. The lowest BCUT2D eigenvalue weighted by Crippen LogP contribution is -2.56. The molecule has 0 spiro atoms. The third-order valence-corrected chi connectivity index (χ3v) is 8.11. The van der Waals surface area contributed by atoms with Crippen molar-refractivity contribution in [2.75, 3.05) is 19.7 Å². The summed E-state index contributed by atoms with van der Waals surface area (Å²) >= 11 is 3.36. The van der Waals surface area contributed by atoms with Gasteiger partial charge in [0.15, 0.2) is 0 Å². The fourth-order valence-electron chi connectivity index (χ4n) is 4.38. The van der Waals surface area contributed by atoms with Crippen LogP contribution in [0.4, 0.5) is 0 Å². The Kier molecular flexibility index (Phi) is 5.40. The molecule has 2 bridgehead atoms. The Labute approximate surface area is 168 Å². The molecule has 2 aliphatic heterocycles. The zero-order valence-electron chi connectivity index (χ0n) is 14.9. The summed E-state index contributed by atoms with van der Waals surface area (Å²) in [5, 5.41) is 9.83. The largest absolute Gasteiger partial charge is 0.396 e. The molecule has 0 aromatic heterocycles. The van der Waals surface area contributed by atoms with Gasteiger partial charge in [-0.3, -0.25) is 4.90 Å². The molecule has 4 rings (SSSR count). The van der Waals surface area contributed by atoms with Crippen LogP contribution in [0.3, 0.4) is 0 Å². The Bertz CT molecular complexity index is 889. The minimum absolute atomic E-state index is 0.0130. The molecule has 144 valence electrons. The van der Waals surface area contributed by atoms with E-state index >= 15 is 0 Å². The zero-order chi connectivity index (χ0) is 19.0. The predicted molar refractivity (Wildman–Crippen MR) is 108 cm³/mol. The van der Waals surface area contributed by atoms with Crippen molar-refractivity contribution in [1.82, 2.24) is 9.21 Å². The number of likely N-dealkylation sites (tertiary alicyclic amines) is 1. The van der Waals surface area contributed by atoms with Crippen molar-refractivity contribution in [3.8, 4) is 0 Å². The van der Waals surface area contributed by atoms with Crippen LogP contribution in [-0.4, -0.2) is 54.5 Å². The van der Waals surface area contributed by atoms with Gasteiger partial charge in [-0.1, -0.05) is 46.3 Å². The Hall–Kier alpha value is -1.25. The van der Waals surface area contributed by atoms with Crippen molar-refractivity contribution in [1.29, 1.82) is 0 Å². The summed E-state index contributed by atoms with van der Waals surface area (Å²) in [6.07, 6.45) is 0.711. The second kappa shape index (κ2) is 7.64. The van der Waals surface area contributed by atoms with E-state index < -0.39 is 10.0 Å². The molecule has 27 heavy (non-hydrogen) atoms. The van der Waals surface area contributed by atoms with Gasteiger partial charge in [-0.2, -0.15) is 4.31 Å². The van der Waals surface area contributed by atoms with Crippen LogP contribution in [-0.2, 0) is 16.6 Å². The Morgan fingerprint density at radius 3 is 2.41 bits per heavy atom. The number of hydrogen-bond acceptors (Lipinski definition) is 4. The van der Waals surface area contributed by atoms with Crippen molar-refractivity contribution in [2.24, 2.45) is 5.92 Å². The van der Waals surface area contributed by atoms with Crippen molar-refractivity contribution in [2.45, 2.75) is 29.9 Å². The average Bonchev–Trinajstić information content (AvgIpc) is 2.91. The standard InChI is InChI=1S/C20H23BrN2O3S/c21-17-6-8-19(9-7-17)27(25,26)23-18-10-16(14-24)20(23)13-22(12-18)11-15-4-2-1-3-5-15/h1-9,16,18,20,24H,10-14H2/t16-,18+,20+/m1/s1. The maximum absolute atomic E-state index is 13.3. The molecular formula is C20H23BrN2O3S. The smallest absolute Gasteiger partial charge is 0.243 e. The SMILES string of the molecule is O=S(=O)(c1ccc(Br)cc1)N1[C@H]2C[C@H](CO)[C@@H]1CN(Cc1ccccc1)C2. The maximum Gasteiger partial charge on any atom is 0.243 e. The molecule has 0 aliphatic carbocycles. The number of hydrogen-bond donors (Lipinski definition) is 1. The van der Waals surface area contributed by atoms with E-state index in [1.807, 2.05) is 18.2 Å². The summed E-state index contributed by atoms with van der Waals surface area (Å²) in [5.74, 6) is -0.0130. The lowest BCUT2D eigenvalue weighted by molar-refractivity contribution is 0.104. The highest BCUT2D eigenvalue weighted by molar-refractivity contribution is 9.10. The molecule has 0 saturated carbocycles. The molecule has 2 aliphatic rings. The van der Waals surface area contributed by atoms with E-state index in [4.69, 9.17) is 0 Å². The van der Waals surface area contributed by atoms with E-state index in [2.05, 4.69) is 33.0 Å². The summed E-state index contributed by atoms with van der Waals surface area (Å²) in [6.45, 7) is 2.16. The van der Waals surface area contributed by atoms with Gasteiger partial charge in [0.25, 0.3) is 0 Å². The molecule has 2 saturated heterocycles. The highest BCUT2D eigenvalue weighted by Gasteiger charge is 2.51. The third-order valence-electron chi connectivity index (χ3n) is 5.59. The normalized spacial score (nSPS) is 26.4. The summed E-state index contributed by atoms with van der Waals surface area (Å²) in [7, 11) is -3.58. The second-order valence-corrected chi connectivity index (χ2v) is 10.1. The predicted octanol–water partition coefficient (Wildman–Crippen LogP) is 2.71. The molecular weight excluding hydrogens is 428 g/mol. The third kappa shape index (κ3) is 3.71. The van der Waals surface area contributed by atoms with E-state index in [1.54, 1.807) is 28.6 Å². The molecule has 0 radical (unpaired) electrons. The van der Waals surface area contributed by atoms with Crippen molar-refractivity contribution < 1.29 is 13.5 Å². The van der Waals surface area contributed by atoms with Gasteiger partial charge in [0.2, 0.25) is 10.0 Å². The number of aliphatic hydroxyl groups excluding tert-OH is 1. The first-order chi connectivity index (χ1) is 13.0. The number of nitrogens with zero attached hydrogens (tertiary/aromatic N) is 2. The summed E-state index contributed by atoms with van der Waals surface area (Å²) in [6, 6.07) is 16.7. The van der Waals surface area contributed by atoms with Crippen LogP contribution in [0.25, 0.3) is 0 Å². The van der Waals surface area contributed by atoms with Crippen LogP contribution in [0.15, 0.2) is 64.0 Å². The minimum atomic E-state index is -3.58. The van der Waals surface area contributed by atoms with Crippen molar-refractivity contribution in [3.63, 3.8) is 0 Å². The van der Waals surface area contributed by atoms with E-state index in [9.17, 15) is 13.5 Å². The van der Waals surface area contributed by atoms with Gasteiger partial charge in [-0.25, -0.2) is 8.42 Å². The second-order valence-electron chi connectivity index (χ2n) is 7.37. The van der Waals surface area contributed by atoms with Crippen LogP contribution in [0, 0.1) is 5.92 Å². The maximum atomic E-state index is 13.3. The summed E-state index contributed by atoms with van der Waals surface area (Å²) in [4.78, 5) is 2.63. The van der Waals surface area contributed by atoms with E-state index in [1.165, 1.54) is 5.56 Å². The number of halogens is 1. The Balaban J connectivity index is 1.59. The van der Waals surface area contributed by atoms with Crippen molar-refractivity contribution >= 4 is 26.0 Å². The quantitative estimate of drug-likeness (QED) is 0.760. The molecule has 2 heterocycles. The zero-order valence-corrected chi connectivity index (χ0v) is 17.3. The fraction of sp³-hybridized carbons (Fsp3) is 0.400. The Morgan fingerprint density at radius 1 is 1.04 bits per heavy atom. The van der Waals surface area contributed by atoms with E-state index in [0.29, 0.717) is 24.4 Å². The molecule has 7 heteroatoms. The minimum Gasteiger partial charge on any atom is -0.396 e. The van der Waals surface area contributed by atoms with Crippen molar-refractivity contribution in [3.05, 3.63) is 64.6 Å². The first-order valence-electron chi connectivity index (χ1n) is 9.15. The lowest BCUT2D eigenvalue weighted by Gasteiger charge is -2.40. The van der Waals surface area contributed by atoms with Crippen LogP contribution >= 0.6 is 15.9 Å². The number of benzene rings is 2. The number of piperazine rings is 1. The van der Waals surface area contributed by atoms with Crippen LogP contribution in [0.1, 0.15) is 12.0 Å². The summed E-state index contributed by atoms with van der Waals surface area (Å²) in [5.41, 5.74) is 1.22. The highest BCUT2D eigenvalue weighted by atomic mass is 79.9. The first-order valence-corrected chi connectivity index (χ1v) is 11.4. The monoisotopic (exact) mass is 450 g/mol. The number of rotatable bonds is 5. The van der Waals surface area contributed by atoms with E-state index in [0.717, 1.165) is 11.0 Å². The van der Waals surface area contributed by atoms with Crippen LogP contribution in [0.2, 0.25) is 0 Å². The van der Waals surface area contributed by atoms with Gasteiger partial charge in [-0.05, 0) is 36.2 Å². The van der Waals surface area contributed by atoms with Gasteiger partial charge < -0.3 is 5.11 Å². The topological polar surface area (TPSA) is 60.9 Å². The van der Waals surface area contributed by atoms with Gasteiger partial charge in [0.05, 0.1) is 4.90 Å². The van der Waals surface area contributed by atoms with Crippen LogP contribution < -0.4 is 0 Å². The lowest BCUT2D eigenvalue weighted by atomic mass is 10.0. The average molecular weight is 451 g/mol. The molecule has 3 atom stereocenters. The Morgan fingerprint density at radius 2 is 1.74 bits per heavy atom. The number of fused-ring (bicyclic) bond motifs is 2. The number of sulfonamides is 1. The van der Waals surface area contributed by atoms with Gasteiger partial charge in [-0.15, -0.1) is 0 Å². The number of aliphatic hydroxyl groups is 1. The summed E-state index contributed by atoms with van der Waals surface area (Å²) < 4.78 is 29.1. The van der Waals surface area contributed by atoms with Crippen LogP contribution in [0.5, 0.6) is 0 Å².